The number of ether oxygens (including phenoxy) is 1. The lowest BCUT2D eigenvalue weighted by atomic mass is 9.47. The highest BCUT2D eigenvalue weighted by molar-refractivity contribution is 5.89. The molecule has 0 N–H and O–H groups in total. The van der Waals surface area contributed by atoms with Crippen molar-refractivity contribution in [3.63, 3.8) is 0 Å². The van der Waals surface area contributed by atoms with E-state index in [1.807, 2.05) is 0 Å². The second kappa shape index (κ2) is 11.0. The monoisotopic (exact) mass is 535 g/mol. The van der Waals surface area contributed by atoms with E-state index in [9.17, 15) is 14.9 Å². The zero-order valence-electron chi connectivity index (χ0n) is 24.8. The van der Waals surface area contributed by atoms with Gasteiger partial charge in [-0.25, -0.2) is 4.79 Å². The molecule has 5 heteroatoms. The lowest BCUT2D eigenvalue weighted by molar-refractivity contribution is -0.384. The Bertz CT molecular complexity index is 1090. The molecule has 4 aliphatic carbocycles. The molecule has 4 aliphatic rings. The molecule has 0 unspecified atom stereocenters. The summed E-state index contributed by atoms with van der Waals surface area (Å²) in [6, 6.07) is 5.73. The third-order valence-electron chi connectivity index (χ3n) is 11.8. The average Bonchev–Trinajstić information content (AvgIpc) is 3.26. The zero-order chi connectivity index (χ0) is 27.9. The van der Waals surface area contributed by atoms with Gasteiger partial charge in [0.05, 0.1) is 10.5 Å². The van der Waals surface area contributed by atoms with Gasteiger partial charge in [0.15, 0.2) is 0 Å². The first-order valence-electron chi connectivity index (χ1n) is 15.7. The SMILES string of the molecule is CC(C)CCC[C@@H](C)[C@H]1CC[C@H]2[C@@H]3CC=C4C[C@H](OC(=O)c5ccc([N+](=O)[O-])cc5)CC[C@]4(C)[C@H]3CC[C@]12C. The molecule has 0 heterocycles. The largest absolute Gasteiger partial charge is 0.458 e. The van der Waals surface area contributed by atoms with Crippen LogP contribution in [0.25, 0.3) is 0 Å². The van der Waals surface area contributed by atoms with Crippen LogP contribution in [0.4, 0.5) is 5.69 Å². The summed E-state index contributed by atoms with van der Waals surface area (Å²) >= 11 is 0. The van der Waals surface area contributed by atoms with E-state index in [1.54, 1.807) is 0 Å². The van der Waals surface area contributed by atoms with Crippen molar-refractivity contribution >= 4 is 11.7 Å². The predicted molar refractivity (Wildman–Crippen MR) is 155 cm³/mol. The van der Waals surface area contributed by atoms with Crippen molar-refractivity contribution in [1.29, 1.82) is 0 Å². The third-order valence-corrected chi connectivity index (χ3v) is 11.8. The van der Waals surface area contributed by atoms with Crippen LogP contribution in [0.2, 0.25) is 0 Å². The highest BCUT2D eigenvalue weighted by Crippen LogP contribution is 2.67. The minimum atomic E-state index is -0.450. The van der Waals surface area contributed by atoms with Gasteiger partial charge < -0.3 is 4.74 Å². The van der Waals surface area contributed by atoms with E-state index in [0.717, 1.165) is 54.8 Å². The van der Waals surface area contributed by atoms with E-state index >= 15 is 0 Å². The van der Waals surface area contributed by atoms with Crippen LogP contribution in [0.15, 0.2) is 35.9 Å². The van der Waals surface area contributed by atoms with Crippen LogP contribution in [0, 0.1) is 56.5 Å². The van der Waals surface area contributed by atoms with Crippen molar-refractivity contribution in [3.8, 4) is 0 Å². The maximum atomic E-state index is 12.8. The quantitative estimate of drug-likeness (QED) is 0.144. The molecule has 5 rings (SSSR count). The van der Waals surface area contributed by atoms with Gasteiger partial charge in [-0.3, -0.25) is 10.1 Å². The second-order valence-corrected chi connectivity index (χ2v) is 14.4. The maximum Gasteiger partial charge on any atom is 0.338 e. The smallest absolute Gasteiger partial charge is 0.338 e. The molecule has 8 atom stereocenters. The summed E-state index contributed by atoms with van der Waals surface area (Å²) in [5, 5.41) is 10.9. The number of hydrogen-bond donors (Lipinski definition) is 0. The van der Waals surface area contributed by atoms with Gasteiger partial charge in [0.2, 0.25) is 0 Å². The molecule has 1 aromatic carbocycles. The van der Waals surface area contributed by atoms with E-state index in [0.29, 0.717) is 11.0 Å². The number of benzene rings is 1. The van der Waals surface area contributed by atoms with Crippen molar-refractivity contribution in [1.82, 2.24) is 0 Å². The first-order valence-corrected chi connectivity index (χ1v) is 15.7. The summed E-state index contributed by atoms with van der Waals surface area (Å²) in [4.78, 5) is 23.3. The van der Waals surface area contributed by atoms with Crippen molar-refractivity contribution in [2.75, 3.05) is 0 Å². The van der Waals surface area contributed by atoms with Gasteiger partial charge in [-0.1, -0.05) is 65.5 Å². The van der Waals surface area contributed by atoms with Crippen LogP contribution in [0.3, 0.4) is 0 Å². The van der Waals surface area contributed by atoms with E-state index in [4.69, 9.17) is 4.74 Å². The van der Waals surface area contributed by atoms with E-state index in [-0.39, 0.29) is 23.2 Å². The molecule has 0 bridgehead atoms. The summed E-state index contributed by atoms with van der Waals surface area (Å²) in [5.74, 6) is 4.54. The second-order valence-electron chi connectivity index (χ2n) is 14.4. The Morgan fingerprint density at radius 1 is 1.03 bits per heavy atom. The predicted octanol–water partition coefficient (Wildman–Crippen LogP) is 9.16. The topological polar surface area (TPSA) is 69.4 Å². The number of carbonyl (C=O) groups excluding carboxylic acids is 1. The first-order chi connectivity index (χ1) is 18.5. The molecule has 3 saturated carbocycles. The number of nitro groups is 1. The van der Waals surface area contributed by atoms with Crippen LogP contribution in [0.1, 0.15) is 116 Å². The molecule has 0 saturated heterocycles. The molecule has 3 fully saturated rings. The summed E-state index contributed by atoms with van der Waals surface area (Å²) in [6.45, 7) is 12.4. The number of nitro benzene ring substituents is 1. The number of rotatable bonds is 8. The average molecular weight is 536 g/mol. The summed E-state index contributed by atoms with van der Waals surface area (Å²) in [5.41, 5.74) is 2.60. The highest BCUT2D eigenvalue weighted by atomic mass is 16.6. The molecule has 0 amide bonds. The van der Waals surface area contributed by atoms with Gasteiger partial charge >= 0.3 is 5.97 Å². The van der Waals surface area contributed by atoms with Crippen LogP contribution < -0.4 is 0 Å². The van der Waals surface area contributed by atoms with Crippen molar-refractivity contribution in [2.24, 2.45) is 46.3 Å². The van der Waals surface area contributed by atoms with Crippen LogP contribution >= 0.6 is 0 Å². The Balaban J connectivity index is 1.23. The van der Waals surface area contributed by atoms with Gasteiger partial charge in [-0.2, -0.15) is 0 Å². The summed E-state index contributed by atoms with van der Waals surface area (Å²) < 4.78 is 5.93. The van der Waals surface area contributed by atoms with Gasteiger partial charge in [0.1, 0.15) is 6.10 Å². The number of nitrogens with zero attached hydrogens (tertiary/aromatic N) is 1. The van der Waals surface area contributed by atoms with Gasteiger partial charge in [0.25, 0.3) is 5.69 Å². The number of esters is 1. The molecule has 0 aliphatic heterocycles. The van der Waals surface area contributed by atoms with Crippen molar-refractivity contribution < 1.29 is 14.5 Å². The fraction of sp³-hybridized carbons (Fsp3) is 0.735. The fourth-order valence-electron chi connectivity index (χ4n) is 9.69. The number of hydrogen-bond acceptors (Lipinski definition) is 4. The Labute approximate surface area is 235 Å². The Kier molecular flexibility index (Phi) is 8.01. The van der Waals surface area contributed by atoms with Crippen LogP contribution in [-0.2, 0) is 4.74 Å². The molecular formula is C34H49NO4. The molecule has 5 nitrogen and oxygen atoms in total. The van der Waals surface area contributed by atoms with Gasteiger partial charge in [0, 0.05) is 18.6 Å². The summed E-state index contributed by atoms with van der Waals surface area (Å²) in [7, 11) is 0. The molecule has 39 heavy (non-hydrogen) atoms. The van der Waals surface area contributed by atoms with Crippen LogP contribution in [-0.4, -0.2) is 17.0 Å². The minimum absolute atomic E-state index is 0.0142. The molecule has 0 radical (unpaired) electrons. The number of fused-ring (bicyclic) bond motifs is 5. The third kappa shape index (κ3) is 5.32. The zero-order valence-corrected chi connectivity index (χ0v) is 24.8. The standard InChI is InChI=1S/C34H49NO4/c1-22(2)7-6-8-23(3)29-15-16-30-28-14-11-25-21-27(17-19-33(25,4)31(28)18-20-34(29,30)5)39-32(36)24-9-12-26(13-10-24)35(37)38/h9-13,22-23,27-31H,6-8,14-21H2,1-5H3/t23-,27-,28+,29-,30+,31+,33+,34-/m1/s1. The van der Waals surface area contributed by atoms with Gasteiger partial charge in [-0.15, -0.1) is 0 Å². The minimum Gasteiger partial charge on any atom is -0.458 e. The van der Waals surface area contributed by atoms with Crippen molar-refractivity contribution in [2.45, 2.75) is 111 Å². The maximum absolute atomic E-state index is 12.8. The number of allylic oxidation sites excluding steroid dienone is 1. The lowest BCUT2D eigenvalue weighted by Crippen LogP contribution is -2.51. The number of carbonyl (C=O) groups is 1. The summed E-state index contributed by atoms with van der Waals surface area (Å²) in [6.07, 6.45) is 16.1. The lowest BCUT2D eigenvalue weighted by Gasteiger charge is -2.58. The normalized spacial score (nSPS) is 36.4. The van der Waals surface area contributed by atoms with Gasteiger partial charge in [-0.05, 0) is 103 Å². The molecular weight excluding hydrogens is 486 g/mol. The highest BCUT2D eigenvalue weighted by Gasteiger charge is 2.59. The van der Waals surface area contributed by atoms with E-state index < -0.39 is 4.92 Å². The Hall–Kier alpha value is -2.17. The molecule has 0 spiro atoms. The van der Waals surface area contributed by atoms with Crippen LogP contribution in [0.5, 0.6) is 0 Å². The molecule has 214 valence electrons. The van der Waals surface area contributed by atoms with E-state index in [2.05, 4.69) is 40.7 Å². The molecule has 0 aromatic heterocycles. The Morgan fingerprint density at radius 2 is 1.77 bits per heavy atom. The Morgan fingerprint density at radius 3 is 2.46 bits per heavy atom. The molecule has 1 aromatic rings. The fourth-order valence-corrected chi connectivity index (χ4v) is 9.69. The first kappa shape index (κ1) is 28.4. The van der Waals surface area contributed by atoms with Crippen molar-refractivity contribution in [3.05, 3.63) is 51.6 Å². The van der Waals surface area contributed by atoms with E-state index in [1.165, 1.54) is 81.2 Å². The number of non-ortho nitro benzene ring substituents is 1.